The zero-order chi connectivity index (χ0) is 19.7. The molecular formula is C21H23N3O3S. The van der Waals surface area contributed by atoms with Gasteiger partial charge in [-0.05, 0) is 69.4 Å². The van der Waals surface area contributed by atoms with Gasteiger partial charge in [0.05, 0.1) is 17.8 Å². The van der Waals surface area contributed by atoms with Crippen LogP contribution in [0, 0.1) is 0 Å². The summed E-state index contributed by atoms with van der Waals surface area (Å²) >= 11 is 1.61. The number of benzene rings is 1. The lowest BCUT2D eigenvalue weighted by molar-refractivity contribution is -0.116. The number of thiophene rings is 1. The van der Waals surface area contributed by atoms with Gasteiger partial charge in [-0.2, -0.15) is 0 Å². The number of fused-ring (bicyclic) bond motifs is 3. The second-order valence-corrected chi connectivity index (χ2v) is 8.39. The van der Waals surface area contributed by atoms with Crippen LogP contribution in [0.5, 0.6) is 5.75 Å². The fourth-order valence-corrected chi connectivity index (χ4v) is 4.76. The van der Waals surface area contributed by atoms with Gasteiger partial charge >= 0.3 is 0 Å². The van der Waals surface area contributed by atoms with E-state index in [1.807, 2.05) is 26.0 Å². The molecule has 0 saturated heterocycles. The quantitative estimate of drug-likeness (QED) is 0.711. The molecule has 7 heteroatoms. The monoisotopic (exact) mass is 397 g/mol. The van der Waals surface area contributed by atoms with Crippen molar-refractivity contribution in [2.45, 2.75) is 52.2 Å². The average molecular weight is 398 g/mol. The molecule has 3 aromatic rings. The van der Waals surface area contributed by atoms with E-state index in [9.17, 15) is 9.59 Å². The van der Waals surface area contributed by atoms with E-state index < -0.39 is 0 Å². The second kappa shape index (κ2) is 7.75. The number of rotatable bonds is 5. The van der Waals surface area contributed by atoms with E-state index in [-0.39, 0.29) is 24.1 Å². The number of carbonyl (C=O) groups is 1. The molecule has 0 spiro atoms. The maximum Gasteiger partial charge on any atom is 0.262 e. The topological polar surface area (TPSA) is 73.2 Å². The minimum Gasteiger partial charge on any atom is -0.491 e. The lowest BCUT2D eigenvalue weighted by Gasteiger charge is -2.11. The summed E-state index contributed by atoms with van der Waals surface area (Å²) in [5.41, 5.74) is 1.68. The average Bonchev–Trinajstić information content (AvgIpc) is 3.04. The number of ether oxygens (including phenoxy) is 1. The van der Waals surface area contributed by atoms with Crippen LogP contribution in [0.15, 0.2) is 35.4 Å². The summed E-state index contributed by atoms with van der Waals surface area (Å²) in [5.74, 6) is 0.492. The third kappa shape index (κ3) is 3.80. The Bertz CT molecular complexity index is 1070. The molecule has 146 valence electrons. The van der Waals surface area contributed by atoms with Crippen molar-refractivity contribution in [3.63, 3.8) is 0 Å². The molecular weight excluding hydrogens is 374 g/mol. The van der Waals surface area contributed by atoms with Gasteiger partial charge in [-0.1, -0.05) is 0 Å². The zero-order valence-corrected chi connectivity index (χ0v) is 16.8. The summed E-state index contributed by atoms with van der Waals surface area (Å²) in [5, 5.41) is 3.52. The number of aryl methyl sites for hydroxylation is 2. The van der Waals surface area contributed by atoms with Crippen LogP contribution in [0.2, 0.25) is 0 Å². The number of hydrogen-bond donors (Lipinski definition) is 1. The summed E-state index contributed by atoms with van der Waals surface area (Å²) in [6.45, 7) is 3.86. The predicted octanol–water partition coefficient (Wildman–Crippen LogP) is 3.76. The highest BCUT2D eigenvalue weighted by Crippen LogP contribution is 2.33. The highest BCUT2D eigenvalue weighted by Gasteiger charge is 2.20. The van der Waals surface area contributed by atoms with E-state index >= 15 is 0 Å². The summed E-state index contributed by atoms with van der Waals surface area (Å²) < 4.78 is 7.00. The molecule has 6 nitrogen and oxygen atoms in total. The Hall–Kier alpha value is -2.67. The third-order valence-electron chi connectivity index (χ3n) is 4.77. The van der Waals surface area contributed by atoms with Crippen molar-refractivity contribution < 1.29 is 9.53 Å². The number of nitrogens with one attached hydrogen (secondary N) is 1. The van der Waals surface area contributed by atoms with Crippen molar-refractivity contribution in [2.75, 3.05) is 5.32 Å². The van der Waals surface area contributed by atoms with Crippen molar-refractivity contribution in [2.24, 2.45) is 0 Å². The summed E-state index contributed by atoms with van der Waals surface area (Å²) in [4.78, 5) is 31.9. The van der Waals surface area contributed by atoms with Crippen LogP contribution < -0.4 is 15.6 Å². The lowest BCUT2D eigenvalue weighted by atomic mass is 9.97. The highest BCUT2D eigenvalue weighted by atomic mass is 32.1. The Kier molecular flexibility index (Phi) is 5.17. The second-order valence-electron chi connectivity index (χ2n) is 7.31. The molecule has 1 aromatic carbocycles. The van der Waals surface area contributed by atoms with Crippen LogP contribution in [0.1, 0.15) is 37.1 Å². The Labute approximate surface area is 167 Å². The molecule has 1 aliphatic carbocycles. The largest absolute Gasteiger partial charge is 0.491 e. The molecule has 28 heavy (non-hydrogen) atoms. The number of anilines is 1. The van der Waals surface area contributed by atoms with E-state index in [4.69, 9.17) is 4.74 Å². The van der Waals surface area contributed by atoms with E-state index in [1.165, 1.54) is 15.8 Å². The van der Waals surface area contributed by atoms with Gasteiger partial charge in [-0.3, -0.25) is 14.2 Å². The van der Waals surface area contributed by atoms with Crippen molar-refractivity contribution >= 4 is 33.1 Å². The van der Waals surface area contributed by atoms with Gasteiger partial charge in [-0.25, -0.2) is 4.98 Å². The van der Waals surface area contributed by atoms with Crippen LogP contribution >= 0.6 is 11.3 Å². The van der Waals surface area contributed by atoms with Gasteiger partial charge < -0.3 is 10.1 Å². The van der Waals surface area contributed by atoms with E-state index in [2.05, 4.69) is 10.3 Å². The van der Waals surface area contributed by atoms with Crippen LogP contribution in [0.4, 0.5) is 5.69 Å². The number of hydrogen-bond acceptors (Lipinski definition) is 5. The van der Waals surface area contributed by atoms with Crippen molar-refractivity contribution in [1.82, 2.24) is 9.55 Å². The smallest absolute Gasteiger partial charge is 0.262 e. The molecule has 1 amide bonds. The van der Waals surface area contributed by atoms with Crippen LogP contribution in [-0.2, 0) is 24.2 Å². The van der Waals surface area contributed by atoms with Crippen LogP contribution in [0.3, 0.4) is 0 Å². The first kappa shape index (κ1) is 18.7. The Morgan fingerprint density at radius 1 is 1.25 bits per heavy atom. The van der Waals surface area contributed by atoms with Crippen LogP contribution in [-0.4, -0.2) is 21.6 Å². The minimum absolute atomic E-state index is 0.0589. The number of aromatic nitrogens is 2. The zero-order valence-electron chi connectivity index (χ0n) is 16.0. The molecule has 2 aromatic heterocycles. The first-order valence-electron chi connectivity index (χ1n) is 9.57. The van der Waals surface area contributed by atoms with E-state index in [0.29, 0.717) is 11.1 Å². The van der Waals surface area contributed by atoms with Gasteiger partial charge in [0.15, 0.2) is 0 Å². The first-order valence-corrected chi connectivity index (χ1v) is 10.4. The molecule has 0 radical (unpaired) electrons. The van der Waals surface area contributed by atoms with Gasteiger partial charge in [0.25, 0.3) is 5.56 Å². The Balaban J connectivity index is 1.51. The molecule has 1 N–H and O–H groups in total. The maximum absolute atomic E-state index is 12.9. The maximum atomic E-state index is 12.9. The predicted molar refractivity (Wildman–Crippen MR) is 111 cm³/mol. The van der Waals surface area contributed by atoms with Crippen molar-refractivity contribution in [1.29, 1.82) is 0 Å². The third-order valence-corrected chi connectivity index (χ3v) is 5.97. The fraction of sp³-hybridized carbons (Fsp3) is 0.381. The molecule has 0 atom stereocenters. The van der Waals surface area contributed by atoms with Gasteiger partial charge in [0.1, 0.15) is 17.1 Å². The molecule has 0 aliphatic heterocycles. The number of carbonyl (C=O) groups excluding carboxylic acids is 1. The molecule has 0 fully saturated rings. The Morgan fingerprint density at radius 2 is 2.00 bits per heavy atom. The SMILES string of the molecule is CC(C)Oc1ccc(NC(=O)Cn2cnc3sc4c(c3c2=O)CCCC4)cc1. The van der Waals surface area contributed by atoms with Crippen molar-refractivity contribution in [3.8, 4) is 5.75 Å². The molecule has 0 saturated carbocycles. The standard InChI is InChI=1S/C21H23N3O3S/c1-13(2)27-15-9-7-14(8-10-15)23-18(25)11-24-12-22-20-19(21(24)26)16-5-3-4-6-17(16)28-20/h7-10,12-13H,3-6,11H2,1-2H3,(H,23,25). The summed E-state index contributed by atoms with van der Waals surface area (Å²) in [6, 6.07) is 7.20. The van der Waals surface area contributed by atoms with Crippen molar-refractivity contribution in [3.05, 3.63) is 51.4 Å². The first-order chi connectivity index (χ1) is 13.5. The van der Waals surface area contributed by atoms with Gasteiger partial charge in [0, 0.05) is 10.6 Å². The molecule has 4 rings (SSSR count). The number of nitrogens with zero attached hydrogens (tertiary/aromatic N) is 2. The Morgan fingerprint density at radius 3 is 2.75 bits per heavy atom. The van der Waals surface area contributed by atoms with Crippen LogP contribution in [0.25, 0.3) is 10.2 Å². The lowest BCUT2D eigenvalue weighted by Crippen LogP contribution is -2.28. The summed E-state index contributed by atoms with van der Waals surface area (Å²) in [6.07, 6.45) is 5.78. The fourth-order valence-electron chi connectivity index (χ4n) is 3.54. The molecule has 0 bridgehead atoms. The van der Waals surface area contributed by atoms with Gasteiger partial charge in [-0.15, -0.1) is 11.3 Å². The number of amides is 1. The molecule has 1 aliphatic rings. The minimum atomic E-state index is -0.259. The van der Waals surface area contributed by atoms with E-state index in [1.54, 1.807) is 23.5 Å². The van der Waals surface area contributed by atoms with E-state index in [0.717, 1.165) is 41.8 Å². The summed E-state index contributed by atoms with van der Waals surface area (Å²) in [7, 11) is 0. The molecule has 0 unspecified atom stereocenters. The molecule has 2 heterocycles. The highest BCUT2D eigenvalue weighted by molar-refractivity contribution is 7.18. The normalized spacial score (nSPS) is 13.5. The van der Waals surface area contributed by atoms with Gasteiger partial charge in [0.2, 0.25) is 5.91 Å².